The Balaban J connectivity index is 2.18. The normalized spacial score (nSPS) is 11.9. The first-order chi connectivity index (χ1) is 13.9. The van der Waals surface area contributed by atoms with Crippen LogP contribution in [-0.2, 0) is 0 Å². The molecule has 4 N–H and O–H groups in total. The Morgan fingerprint density at radius 3 is 1.55 bits per heavy atom. The molecule has 0 bridgehead atoms. The van der Waals surface area contributed by atoms with Crippen molar-refractivity contribution in [2.75, 3.05) is 0 Å². The van der Waals surface area contributed by atoms with Gasteiger partial charge in [-0.3, -0.25) is 0 Å². The van der Waals surface area contributed by atoms with Crippen molar-refractivity contribution < 1.29 is 10.2 Å². The minimum atomic E-state index is 0.0155. The van der Waals surface area contributed by atoms with E-state index in [0.29, 0.717) is 45.4 Å². The first-order valence-corrected chi connectivity index (χ1v) is 9.80. The zero-order chi connectivity index (χ0) is 21.4. The number of nitrogens with one attached hydrogen (secondary N) is 2. The van der Waals surface area contributed by atoms with Crippen molar-refractivity contribution in [3.63, 3.8) is 0 Å². The topological polar surface area (TPSA) is 102 Å². The fourth-order valence-corrected chi connectivity index (χ4v) is 2.87. The SMILES string of the molecule is CC/C(=N\NC(=NCl)N/N=C(\CC)c1ccc(Cl)cc1O)c1ccc(Cl)cc1O. The number of aromatic hydroxyl groups is 2. The van der Waals surface area contributed by atoms with Gasteiger partial charge in [0.2, 0.25) is 5.96 Å². The highest BCUT2D eigenvalue weighted by Gasteiger charge is 2.10. The van der Waals surface area contributed by atoms with Crippen molar-refractivity contribution in [1.82, 2.24) is 10.9 Å². The molecule has 0 spiro atoms. The van der Waals surface area contributed by atoms with Crippen molar-refractivity contribution >= 4 is 52.4 Å². The van der Waals surface area contributed by atoms with Gasteiger partial charge in [0, 0.05) is 32.9 Å². The molecular weight excluding hydrogens is 437 g/mol. The Morgan fingerprint density at radius 1 is 0.828 bits per heavy atom. The van der Waals surface area contributed by atoms with E-state index in [1.165, 1.54) is 12.1 Å². The number of rotatable bonds is 6. The van der Waals surface area contributed by atoms with Gasteiger partial charge in [-0.2, -0.15) is 10.2 Å². The molecule has 154 valence electrons. The molecule has 7 nitrogen and oxygen atoms in total. The number of nitrogens with zero attached hydrogens (tertiary/aromatic N) is 3. The third kappa shape index (κ3) is 6.25. The van der Waals surface area contributed by atoms with Crippen LogP contribution in [0, 0.1) is 0 Å². The van der Waals surface area contributed by atoms with Gasteiger partial charge in [0.05, 0.1) is 11.4 Å². The van der Waals surface area contributed by atoms with E-state index in [2.05, 4.69) is 25.6 Å². The summed E-state index contributed by atoms with van der Waals surface area (Å²) >= 11 is 17.3. The van der Waals surface area contributed by atoms with Crippen LogP contribution in [-0.4, -0.2) is 27.6 Å². The van der Waals surface area contributed by atoms with E-state index in [9.17, 15) is 10.2 Å². The molecule has 2 aromatic carbocycles. The van der Waals surface area contributed by atoms with Crippen LogP contribution in [0.25, 0.3) is 0 Å². The third-order valence-corrected chi connectivity index (χ3v) is 4.53. The number of guanidine groups is 1. The first-order valence-electron chi connectivity index (χ1n) is 8.71. The van der Waals surface area contributed by atoms with Gasteiger partial charge < -0.3 is 10.2 Å². The Bertz CT molecular complexity index is 887. The summed E-state index contributed by atoms with van der Waals surface area (Å²) in [6, 6.07) is 9.53. The van der Waals surface area contributed by atoms with Crippen LogP contribution in [0.5, 0.6) is 11.5 Å². The largest absolute Gasteiger partial charge is 0.507 e. The molecule has 10 heteroatoms. The Kier molecular flexibility index (Phi) is 8.57. The Labute approximate surface area is 183 Å². The van der Waals surface area contributed by atoms with Gasteiger partial charge in [0.25, 0.3) is 0 Å². The number of hydrogen-bond donors (Lipinski definition) is 4. The second-order valence-corrected chi connectivity index (χ2v) is 6.85. The third-order valence-electron chi connectivity index (χ3n) is 3.89. The number of benzene rings is 2. The maximum Gasteiger partial charge on any atom is 0.250 e. The molecule has 0 aliphatic carbocycles. The molecule has 0 fully saturated rings. The van der Waals surface area contributed by atoms with E-state index >= 15 is 0 Å². The number of hydrazone groups is 2. The summed E-state index contributed by atoms with van der Waals surface area (Å²) in [5.74, 6) is 0.0916. The van der Waals surface area contributed by atoms with Crippen LogP contribution < -0.4 is 10.9 Å². The van der Waals surface area contributed by atoms with E-state index in [1.807, 2.05) is 13.8 Å². The molecule has 0 saturated heterocycles. The molecule has 0 saturated carbocycles. The predicted molar refractivity (Wildman–Crippen MR) is 119 cm³/mol. The summed E-state index contributed by atoms with van der Waals surface area (Å²) < 4.78 is 3.55. The van der Waals surface area contributed by atoms with Crippen LogP contribution >= 0.6 is 35.0 Å². The zero-order valence-electron chi connectivity index (χ0n) is 15.7. The fraction of sp³-hybridized carbons (Fsp3) is 0.211. The van der Waals surface area contributed by atoms with Crippen LogP contribution in [0.15, 0.2) is 51.1 Å². The van der Waals surface area contributed by atoms with E-state index in [0.717, 1.165) is 0 Å². The molecule has 0 unspecified atom stereocenters. The molecule has 0 aliphatic heterocycles. The smallest absolute Gasteiger partial charge is 0.250 e. The van der Waals surface area contributed by atoms with Gasteiger partial charge >= 0.3 is 0 Å². The summed E-state index contributed by atoms with van der Waals surface area (Å²) in [6.45, 7) is 3.77. The molecular formula is C19H20Cl3N5O2. The summed E-state index contributed by atoms with van der Waals surface area (Å²) in [7, 11) is 0. The lowest BCUT2D eigenvalue weighted by atomic mass is 10.1. The van der Waals surface area contributed by atoms with E-state index in [4.69, 9.17) is 35.0 Å². The molecule has 2 rings (SSSR count). The quantitative estimate of drug-likeness (QED) is 0.278. The number of halogens is 3. The van der Waals surface area contributed by atoms with E-state index < -0.39 is 0 Å². The number of phenolic OH excluding ortho intramolecular Hbond substituents is 2. The molecule has 0 radical (unpaired) electrons. The Hall–Kier alpha value is -2.48. The van der Waals surface area contributed by atoms with Crippen LogP contribution in [0.4, 0.5) is 0 Å². The van der Waals surface area contributed by atoms with E-state index in [1.54, 1.807) is 24.3 Å². The fourth-order valence-electron chi connectivity index (χ4n) is 2.46. The summed E-state index contributed by atoms with van der Waals surface area (Å²) in [4.78, 5) is 0. The maximum absolute atomic E-state index is 10.1. The average molecular weight is 457 g/mol. The van der Waals surface area contributed by atoms with Gasteiger partial charge in [-0.05, 0) is 49.2 Å². The van der Waals surface area contributed by atoms with Gasteiger partial charge in [0.15, 0.2) is 0 Å². The van der Waals surface area contributed by atoms with Crippen molar-refractivity contribution in [3.8, 4) is 11.5 Å². The molecule has 0 aromatic heterocycles. The van der Waals surface area contributed by atoms with Crippen molar-refractivity contribution in [2.45, 2.75) is 26.7 Å². The minimum absolute atomic E-state index is 0.0155. The second kappa shape index (κ2) is 10.9. The van der Waals surface area contributed by atoms with E-state index in [-0.39, 0.29) is 17.5 Å². The highest BCUT2D eigenvalue weighted by Crippen LogP contribution is 2.24. The summed E-state index contributed by atoms with van der Waals surface area (Å²) in [5.41, 5.74) is 7.54. The van der Waals surface area contributed by atoms with Gasteiger partial charge in [-0.15, -0.1) is 4.51 Å². The first kappa shape index (κ1) is 22.8. The zero-order valence-corrected chi connectivity index (χ0v) is 18.0. The number of phenols is 2. The average Bonchev–Trinajstić information content (AvgIpc) is 2.69. The standard InChI is InChI=1S/C19H20Cl3N5O2/c1-3-15(13-7-5-11(20)9-17(13)28)24-26-19(23-22)27-25-16(4-2)14-8-6-12(21)10-18(14)29/h5-10,28-29H,3-4H2,1-2H3,(H2,23,26,27)/b24-15+,25-16+. The molecule has 0 atom stereocenters. The van der Waals surface area contributed by atoms with Crippen molar-refractivity contribution in [1.29, 1.82) is 0 Å². The molecule has 0 heterocycles. The lowest BCUT2D eigenvalue weighted by Crippen LogP contribution is -2.32. The highest BCUT2D eigenvalue weighted by molar-refractivity contribution is 6.31. The molecule has 29 heavy (non-hydrogen) atoms. The summed E-state index contributed by atoms with van der Waals surface area (Å²) in [5, 5.41) is 29.5. The van der Waals surface area contributed by atoms with Gasteiger partial charge in [0.1, 0.15) is 11.5 Å². The van der Waals surface area contributed by atoms with Crippen LogP contribution in [0.1, 0.15) is 37.8 Å². The minimum Gasteiger partial charge on any atom is -0.507 e. The highest BCUT2D eigenvalue weighted by atomic mass is 35.5. The lowest BCUT2D eigenvalue weighted by Gasteiger charge is -2.10. The lowest BCUT2D eigenvalue weighted by molar-refractivity contribution is 0.473. The van der Waals surface area contributed by atoms with Crippen molar-refractivity contribution in [3.05, 3.63) is 57.6 Å². The molecule has 0 aliphatic rings. The number of hydrogen-bond acceptors (Lipinski definition) is 5. The monoisotopic (exact) mass is 455 g/mol. The second-order valence-electron chi connectivity index (χ2n) is 5.80. The van der Waals surface area contributed by atoms with Crippen molar-refractivity contribution in [2.24, 2.45) is 14.7 Å². The van der Waals surface area contributed by atoms with Crippen LogP contribution in [0.3, 0.4) is 0 Å². The Morgan fingerprint density at radius 2 is 1.24 bits per heavy atom. The predicted octanol–water partition coefficient (Wildman–Crippen LogP) is 5.02. The van der Waals surface area contributed by atoms with Gasteiger partial charge in [-0.25, -0.2) is 10.9 Å². The van der Waals surface area contributed by atoms with Gasteiger partial charge in [-0.1, -0.05) is 37.0 Å². The maximum atomic E-state index is 10.1. The molecule has 2 aromatic rings. The summed E-state index contributed by atoms with van der Waals surface area (Å²) in [6.07, 6.45) is 1.06. The van der Waals surface area contributed by atoms with Crippen LogP contribution in [0.2, 0.25) is 10.0 Å². The molecule has 0 amide bonds.